The third-order valence-electron chi connectivity index (χ3n) is 1.83. The maximum absolute atomic E-state index is 11.9. The number of hydrogen-bond acceptors (Lipinski definition) is 3. The Morgan fingerprint density at radius 3 is 2.67 bits per heavy atom. The Morgan fingerprint density at radius 2 is 2.27 bits per heavy atom. The molecule has 0 bridgehead atoms. The van der Waals surface area contributed by atoms with Gasteiger partial charge in [-0.15, -0.1) is 11.3 Å². The molecule has 4 nitrogen and oxygen atoms in total. The van der Waals surface area contributed by atoms with Crippen molar-refractivity contribution in [2.75, 3.05) is 13.1 Å². The first-order valence-corrected chi connectivity index (χ1v) is 6.04. The average molecular weight is 291 g/mol. The Hall–Kier alpha value is -0.880. The Kier molecular flexibility index (Phi) is 4.28. The molecule has 1 aromatic heterocycles. The molecule has 0 fully saturated rings. The molecule has 0 spiro atoms. The molecule has 15 heavy (non-hydrogen) atoms. The van der Waals surface area contributed by atoms with Crippen LogP contribution in [0.1, 0.15) is 16.6 Å². The van der Waals surface area contributed by atoms with Crippen LogP contribution in [-0.4, -0.2) is 29.8 Å². The molecule has 0 aliphatic carbocycles. The fourth-order valence-electron chi connectivity index (χ4n) is 1.11. The van der Waals surface area contributed by atoms with Crippen LogP contribution in [0.2, 0.25) is 0 Å². The van der Waals surface area contributed by atoms with Gasteiger partial charge in [0, 0.05) is 11.0 Å². The summed E-state index contributed by atoms with van der Waals surface area (Å²) < 4.78 is 0.750. The highest BCUT2D eigenvalue weighted by molar-refractivity contribution is 9.10. The second kappa shape index (κ2) is 5.27. The molecular weight excluding hydrogens is 280 g/mol. The molecule has 6 heteroatoms. The highest BCUT2D eigenvalue weighted by Gasteiger charge is 2.19. The van der Waals surface area contributed by atoms with Gasteiger partial charge in [-0.1, -0.05) is 0 Å². The second-order valence-electron chi connectivity index (χ2n) is 2.88. The molecule has 0 saturated carbocycles. The van der Waals surface area contributed by atoms with E-state index in [2.05, 4.69) is 15.9 Å². The van der Waals surface area contributed by atoms with Crippen molar-refractivity contribution in [2.24, 2.45) is 5.73 Å². The topological polar surface area (TPSA) is 63.4 Å². The van der Waals surface area contributed by atoms with Gasteiger partial charge in [-0.2, -0.15) is 0 Å². The third kappa shape index (κ3) is 3.04. The van der Waals surface area contributed by atoms with E-state index in [1.165, 1.54) is 16.2 Å². The lowest BCUT2D eigenvalue weighted by Crippen LogP contribution is -2.38. The van der Waals surface area contributed by atoms with Crippen molar-refractivity contribution in [1.82, 2.24) is 4.90 Å². The number of nitrogens with two attached hydrogens (primary N) is 1. The van der Waals surface area contributed by atoms with E-state index < -0.39 is 5.91 Å². The minimum absolute atomic E-state index is 0.0420. The molecule has 0 aromatic carbocycles. The fraction of sp³-hybridized carbons (Fsp3) is 0.333. The molecule has 1 rings (SSSR count). The third-order valence-corrected chi connectivity index (χ3v) is 3.65. The molecule has 0 atom stereocenters. The van der Waals surface area contributed by atoms with Crippen molar-refractivity contribution >= 4 is 39.1 Å². The molecule has 0 unspecified atom stereocenters. The Bertz CT molecular complexity index is 378. The van der Waals surface area contributed by atoms with Crippen LogP contribution in [-0.2, 0) is 4.79 Å². The number of likely N-dealkylation sites (N-methyl/N-ethyl adjacent to an activating group) is 1. The molecule has 2 N–H and O–H groups in total. The number of rotatable bonds is 4. The van der Waals surface area contributed by atoms with Crippen LogP contribution in [0.4, 0.5) is 0 Å². The molecule has 1 heterocycles. The number of carbonyl (C=O) groups excluding carboxylic acids is 2. The largest absolute Gasteiger partial charge is 0.368 e. The van der Waals surface area contributed by atoms with Gasteiger partial charge in [0.2, 0.25) is 5.91 Å². The summed E-state index contributed by atoms with van der Waals surface area (Å²) in [5.41, 5.74) is 5.06. The van der Waals surface area contributed by atoms with Crippen LogP contribution in [0.25, 0.3) is 0 Å². The molecule has 2 amide bonds. The molecule has 0 radical (unpaired) electrons. The zero-order valence-electron chi connectivity index (χ0n) is 8.20. The van der Waals surface area contributed by atoms with Gasteiger partial charge in [0.05, 0.1) is 6.54 Å². The fourth-order valence-corrected chi connectivity index (χ4v) is 2.61. The van der Waals surface area contributed by atoms with E-state index in [1.54, 1.807) is 6.07 Å². The van der Waals surface area contributed by atoms with Crippen LogP contribution < -0.4 is 5.73 Å². The zero-order valence-corrected chi connectivity index (χ0v) is 10.6. The Morgan fingerprint density at radius 1 is 1.60 bits per heavy atom. The van der Waals surface area contributed by atoms with E-state index in [0.29, 0.717) is 11.4 Å². The number of nitrogens with zero attached hydrogens (tertiary/aromatic N) is 1. The number of halogens is 1. The van der Waals surface area contributed by atoms with Gasteiger partial charge in [-0.3, -0.25) is 9.59 Å². The predicted molar refractivity (Wildman–Crippen MR) is 62.8 cm³/mol. The lowest BCUT2D eigenvalue weighted by molar-refractivity contribution is -0.118. The number of amides is 2. The summed E-state index contributed by atoms with van der Waals surface area (Å²) in [6.45, 7) is 2.23. The van der Waals surface area contributed by atoms with E-state index >= 15 is 0 Å². The predicted octanol–water partition coefficient (Wildman–Crippen LogP) is 1.46. The minimum Gasteiger partial charge on any atom is -0.368 e. The first-order chi connectivity index (χ1) is 7.06. The molecular formula is C9H11BrN2O2S. The number of primary amides is 1. The molecule has 0 aliphatic heterocycles. The van der Waals surface area contributed by atoms with Crippen molar-refractivity contribution in [3.05, 3.63) is 20.8 Å². The van der Waals surface area contributed by atoms with Crippen molar-refractivity contribution < 1.29 is 9.59 Å². The number of thiophene rings is 1. The SMILES string of the molecule is CCN(CC(N)=O)C(=O)c1sccc1Br. The van der Waals surface area contributed by atoms with Gasteiger partial charge < -0.3 is 10.6 Å². The van der Waals surface area contributed by atoms with Crippen molar-refractivity contribution in [3.63, 3.8) is 0 Å². The summed E-state index contributed by atoms with van der Waals surface area (Å²) in [5, 5.41) is 1.81. The molecule has 1 aromatic rings. The van der Waals surface area contributed by atoms with Crippen LogP contribution in [0.5, 0.6) is 0 Å². The normalized spacial score (nSPS) is 10.0. The van der Waals surface area contributed by atoms with Gasteiger partial charge in [-0.05, 0) is 34.3 Å². The summed E-state index contributed by atoms with van der Waals surface area (Å²) >= 11 is 4.62. The lowest BCUT2D eigenvalue weighted by atomic mass is 10.3. The summed E-state index contributed by atoms with van der Waals surface area (Å²) in [6.07, 6.45) is 0. The van der Waals surface area contributed by atoms with Gasteiger partial charge in [0.1, 0.15) is 4.88 Å². The first-order valence-electron chi connectivity index (χ1n) is 4.36. The van der Waals surface area contributed by atoms with Crippen molar-refractivity contribution in [3.8, 4) is 0 Å². The zero-order chi connectivity index (χ0) is 11.4. The Labute approximate surface area is 100 Å². The summed E-state index contributed by atoms with van der Waals surface area (Å²) in [4.78, 5) is 24.7. The minimum atomic E-state index is -0.502. The molecule has 82 valence electrons. The lowest BCUT2D eigenvalue weighted by Gasteiger charge is -2.18. The standard InChI is InChI=1S/C9H11BrN2O2S/c1-2-12(5-7(11)13)9(14)8-6(10)3-4-15-8/h3-4H,2,5H2,1H3,(H2,11,13). The van der Waals surface area contributed by atoms with Crippen LogP contribution in [0.15, 0.2) is 15.9 Å². The molecule has 0 saturated heterocycles. The van der Waals surface area contributed by atoms with Gasteiger partial charge >= 0.3 is 0 Å². The van der Waals surface area contributed by atoms with Gasteiger partial charge in [-0.25, -0.2) is 0 Å². The summed E-state index contributed by atoms with van der Waals surface area (Å²) in [6, 6.07) is 1.80. The molecule has 0 aliphatic rings. The summed E-state index contributed by atoms with van der Waals surface area (Å²) in [7, 11) is 0. The van der Waals surface area contributed by atoms with Gasteiger partial charge in [0.25, 0.3) is 5.91 Å². The highest BCUT2D eigenvalue weighted by Crippen LogP contribution is 2.23. The first kappa shape index (κ1) is 12.2. The number of hydrogen-bond donors (Lipinski definition) is 1. The average Bonchev–Trinajstić information content (AvgIpc) is 2.59. The summed E-state index contributed by atoms with van der Waals surface area (Å²) in [5.74, 6) is -0.670. The van der Waals surface area contributed by atoms with E-state index in [4.69, 9.17) is 5.73 Å². The van der Waals surface area contributed by atoms with Gasteiger partial charge in [0.15, 0.2) is 0 Å². The van der Waals surface area contributed by atoms with E-state index in [0.717, 1.165) is 4.47 Å². The van der Waals surface area contributed by atoms with Crippen LogP contribution >= 0.6 is 27.3 Å². The van der Waals surface area contributed by atoms with E-state index in [9.17, 15) is 9.59 Å². The van der Waals surface area contributed by atoms with Crippen LogP contribution in [0.3, 0.4) is 0 Å². The van der Waals surface area contributed by atoms with Crippen molar-refractivity contribution in [2.45, 2.75) is 6.92 Å². The van der Waals surface area contributed by atoms with E-state index in [-0.39, 0.29) is 12.5 Å². The van der Waals surface area contributed by atoms with Crippen molar-refractivity contribution in [1.29, 1.82) is 0 Å². The van der Waals surface area contributed by atoms with Crippen LogP contribution in [0, 0.1) is 0 Å². The Balaban J connectivity index is 2.82. The second-order valence-corrected chi connectivity index (χ2v) is 4.65. The highest BCUT2D eigenvalue weighted by atomic mass is 79.9. The van der Waals surface area contributed by atoms with E-state index in [1.807, 2.05) is 12.3 Å². The smallest absolute Gasteiger partial charge is 0.265 e. The monoisotopic (exact) mass is 290 g/mol. The maximum atomic E-state index is 11.9. The number of carbonyl (C=O) groups is 2. The maximum Gasteiger partial charge on any atom is 0.265 e. The quantitative estimate of drug-likeness (QED) is 0.912.